The third-order valence-electron chi connectivity index (χ3n) is 4.06. The van der Waals surface area contributed by atoms with Gasteiger partial charge in [-0.25, -0.2) is 4.39 Å². The Hall–Kier alpha value is -2.80. The van der Waals surface area contributed by atoms with E-state index in [9.17, 15) is 4.39 Å². The van der Waals surface area contributed by atoms with Crippen LogP contribution in [0.1, 0.15) is 5.56 Å². The lowest BCUT2D eigenvalue weighted by molar-refractivity contribution is 0.410. The zero-order chi connectivity index (χ0) is 18.1. The standard InChI is InChI=1S/C19H16FN3O2S/c1-23-18(16-10-13-4-3-5-15(24-2)17(13)25-16)21-22-19(23)26-11-12-6-8-14(20)9-7-12/h3-10H,11H2,1-2H3. The fourth-order valence-electron chi connectivity index (χ4n) is 2.69. The van der Waals surface area contributed by atoms with E-state index in [1.807, 2.05) is 35.9 Å². The summed E-state index contributed by atoms with van der Waals surface area (Å²) in [7, 11) is 3.51. The van der Waals surface area contributed by atoms with Gasteiger partial charge in [0.25, 0.3) is 0 Å². The molecule has 2 aromatic heterocycles. The molecule has 26 heavy (non-hydrogen) atoms. The quantitative estimate of drug-likeness (QED) is 0.479. The molecule has 4 aromatic rings. The van der Waals surface area contributed by atoms with Crippen molar-refractivity contribution in [3.8, 4) is 17.3 Å². The fraction of sp³-hybridized carbons (Fsp3) is 0.158. The Balaban J connectivity index is 1.60. The van der Waals surface area contributed by atoms with Gasteiger partial charge in [0, 0.05) is 18.2 Å². The fourth-order valence-corrected chi connectivity index (χ4v) is 3.56. The van der Waals surface area contributed by atoms with Gasteiger partial charge in [0.05, 0.1) is 7.11 Å². The summed E-state index contributed by atoms with van der Waals surface area (Å²) in [4.78, 5) is 0. The minimum Gasteiger partial charge on any atom is -0.493 e. The maximum absolute atomic E-state index is 13.0. The van der Waals surface area contributed by atoms with Crippen LogP contribution in [0, 0.1) is 5.82 Å². The third-order valence-corrected chi connectivity index (χ3v) is 5.16. The highest BCUT2D eigenvalue weighted by Gasteiger charge is 2.17. The normalized spacial score (nSPS) is 11.2. The number of rotatable bonds is 5. The van der Waals surface area contributed by atoms with Crippen LogP contribution in [0.5, 0.6) is 5.75 Å². The molecule has 0 saturated heterocycles. The first-order valence-corrected chi connectivity index (χ1v) is 8.98. The number of nitrogens with zero attached hydrogens (tertiary/aromatic N) is 3. The highest BCUT2D eigenvalue weighted by atomic mass is 32.2. The molecule has 2 aromatic carbocycles. The molecule has 0 spiro atoms. The number of hydrogen-bond donors (Lipinski definition) is 0. The van der Waals surface area contributed by atoms with Crippen molar-refractivity contribution in [2.45, 2.75) is 10.9 Å². The number of aromatic nitrogens is 3. The Bertz CT molecular complexity index is 1060. The molecule has 0 saturated carbocycles. The van der Waals surface area contributed by atoms with E-state index in [0.717, 1.165) is 16.1 Å². The van der Waals surface area contributed by atoms with E-state index in [1.54, 1.807) is 19.2 Å². The zero-order valence-corrected chi connectivity index (χ0v) is 15.1. The van der Waals surface area contributed by atoms with Crippen LogP contribution < -0.4 is 4.74 Å². The van der Waals surface area contributed by atoms with Crippen molar-refractivity contribution in [1.82, 2.24) is 14.8 Å². The Morgan fingerprint density at radius 1 is 1.15 bits per heavy atom. The molecule has 0 atom stereocenters. The Labute approximate surface area is 153 Å². The van der Waals surface area contributed by atoms with E-state index in [-0.39, 0.29) is 5.82 Å². The molecule has 0 aliphatic carbocycles. The van der Waals surface area contributed by atoms with Crippen LogP contribution in [0.15, 0.2) is 58.1 Å². The van der Waals surface area contributed by atoms with Gasteiger partial charge in [-0.15, -0.1) is 10.2 Å². The first-order valence-electron chi connectivity index (χ1n) is 7.99. The maximum Gasteiger partial charge on any atom is 0.200 e. The van der Waals surface area contributed by atoms with E-state index < -0.39 is 0 Å². The first-order chi connectivity index (χ1) is 12.7. The van der Waals surface area contributed by atoms with E-state index >= 15 is 0 Å². The molecule has 5 nitrogen and oxygen atoms in total. The third kappa shape index (κ3) is 3.06. The van der Waals surface area contributed by atoms with Crippen LogP contribution in [-0.2, 0) is 12.8 Å². The second-order valence-electron chi connectivity index (χ2n) is 5.77. The van der Waals surface area contributed by atoms with Gasteiger partial charge in [-0.3, -0.25) is 0 Å². The van der Waals surface area contributed by atoms with Crippen LogP contribution in [0.2, 0.25) is 0 Å². The summed E-state index contributed by atoms with van der Waals surface area (Å²) >= 11 is 1.54. The Kier molecular flexibility index (Phi) is 4.38. The van der Waals surface area contributed by atoms with Crippen molar-refractivity contribution in [2.75, 3.05) is 7.11 Å². The monoisotopic (exact) mass is 369 g/mol. The molecule has 2 heterocycles. The topological polar surface area (TPSA) is 53.1 Å². The molecule has 0 amide bonds. The van der Waals surface area contributed by atoms with Gasteiger partial charge >= 0.3 is 0 Å². The molecule has 0 aliphatic heterocycles. The predicted octanol–water partition coefficient (Wildman–Crippen LogP) is 4.67. The first kappa shape index (κ1) is 16.7. The summed E-state index contributed by atoms with van der Waals surface area (Å²) in [6, 6.07) is 14.1. The van der Waals surface area contributed by atoms with E-state index in [0.29, 0.717) is 28.7 Å². The SMILES string of the molecule is COc1cccc2cc(-c3nnc(SCc4ccc(F)cc4)n3C)oc12. The van der Waals surface area contributed by atoms with Gasteiger partial charge in [-0.2, -0.15) is 0 Å². The number of halogens is 1. The van der Waals surface area contributed by atoms with Crippen LogP contribution in [0.3, 0.4) is 0 Å². The largest absolute Gasteiger partial charge is 0.493 e. The molecular weight excluding hydrogens is 353 g/mol. The van der Waals surface area contributed by atoms with Crippen LogP contribution >= 0.6 is 11.8 Å². The maximum atomic E-state index is 13.0. The van der Waals surface area contributed by atoms with Gasteiger partial charge < -0.3 is 13.7 Å². The van der Waals surface area contributed by atoms with Gasteiger partial charge in [0.15, 0.2) is 28.1 Å². The van der Waals surface area contributed by atoms with Crippen molar-refractivity contribution in [3.63, 3.8) is 0 Å². The lowest BCUT2D eigenvalue weighted by Gasteiger charge is -2.03. The average Bonchev–Trinajstić information content (AvgIpc) is 3.24. The van der Waals surface area contributed by atoms with Crippen molar-refractivity contribution in [3.05, 3.63) is 59.9 Å². The molecule has 0 aliphatic rings. The highest BCUT2D eigenvalue weighted by Crippen LogP contribution is 2.33. The zero-order valence-electron chi connectivity index (χ0n) is 14.3. The summed E-state index contributed by atoms with van der Waals surface area (Å²) in [5.74, 6) is 2.40. The Morgan fingerprint density at radius 2 is 1.96 bits per heavy atom. The van der Waals surface area contributed by atoms with Gasteiger partial charge in [0.2, 0.25) is 0 Å². The molecule has 0 N–H and O–H groups in total. The highest BCUT2D eigenvalue weighted by molar-refractivity contribution is 7.98. The molecule has 7 heteroatoms. The molecule has 4 rings (SSSR count). The number of benzene rings is 2. The number of methoxy groups -OCH3 is 1. The van der Waals surface area contributed by atoms with E-state index in [2.05, 4.69) is 10.2 Å². The van der Waals surface area contributed by atoms with E-state index in [4.69, 9.17) is 9.15 Å². The van der Waals surface area contributed by atoms with Gasteiger partial charge in [-0.1, -0.05) is 36.0 Å². The van der Waals surface area contributed by atoms with Crippen LogP contribution in [-0.4, -0.2) is 21.9 Å². The molecule has 0 fully saturated rings. The van der Waals surface area contributed by atoms with Crippen molar-refractivity contribution >= 4 is 22.7 Å². The molecule has 0 radical (unpaired) electrons. The van der Waals surface area contributed by atoms with Gasteiger partial charge in [-0.05, 0) is 29.8 Å². The van der Waals surface area contributed by atoms with Crippen molar-refractivity contribution in [2.24, 2.45) is 7.05 Å². The second-order valence-corrected chi connectivity index (χ2v) is 6.71. The molecule has 132 valence electrons. The van der Waals surface area contributed by atoms with E-state index in [1.165, 1.54) is 23.9 Å². The average molecular weight is 369 g/mol. The summed E-state index contributed by atoms with van der Waals surface area (Å²) in [6.45, 7) is 0. The van der Waals surface area contributed by atoms with Gasteiger partial charge in [0.1, 0.15) is 5.82 Å². The second kappa shape index (κ2) is 6.84. The number of furan rings is 1. The summed E-state index contributed by atoms with van der Waals surface area (Å²) in [5, 5.41) is 10.2. The Morgan fingerprint density at radius 3 is 2.73 bits per heavy atom. The smallest absolute Gasteiger partial charge is 0.200 e. The summed E-state index contributed by atoms with van der Waals surface area (Å²) in [5.41, 5.74) is 1.71. The number of fused-ring (bicyclic) bond motifs is 1. The van der Waals surface area contributed by atoms with Crippen LogP contribution in [0.25, 0.3) is 22.6 Å². The predicted molar refractivity (Wildman–Crippen MR) is 98.7 cm³/mol. The number of hydrogen-bond acceptors (Lipinski definition) is 5. The summed E-state index contributed by atoms with van der Waals surface area (Å²) < 4.78 is 26.2. The van der Waals surface area contributed by atoms with Crippen molar-refractivity contribution < 1.29 is 13.5 Å². The molecule has 0 unspecified atom stereocenters. The number of para-hydroxylation sites is 1. The minimum atomic E-state index is -0.236. The number of thioether (sulfide) groups is 1. The minimum absolute atomic E-state index is 0.236. The molecular formula is C19H16FN3O2S. The van der Waals surface area contributed by atoms with Crippen LogP contribution in [0.4, 0.5) is 4.39 Å². The lowest BCUT2D eigenvalue weighted by Crippen LogP contribution is -1.94. The summed E-state index contributed by atoms with van der Waals surface area (Å²) in [6.07, 6.45) is 0. The number of ether oxygens (including phenoxy) is 1. The van der Waals surface area contributed by atoms with Crippen molar-refractivity contribution in [1.29, 1.82) is 0 Å². The lowest BCUT2D eigenvalue weighted by atomic mass is 10.2. The molecule has 0 bridgehead atoms.